The molecule has 1 aromatic rings. The van der Waals surface area contributed by atoms with Crippen molar-refractivity contribution in [3.8, 4) is 11.5 Å². The number of hydrogen-bond donors (Lipinski definition) is 1. The second-order valence-electron chi connectivity index (χ2n) is 8.47. The maximum absolute atomic E-state index is 11.9. The van der Waals surface area contributed by atoms with Crippen molar-refractivity contribution >= 4 is 12.0 Å². The fourth-order valence-corrected chi connectivity index (χ4v) is 6.04. The highest BCUT2D eigenvalue weighted by Gasteiger charge is 2.55. The lowest BCUT2D eigenvalue weighted by Crippen LogP contribution is -2.60. The number of likely N-dealkylation sites (tertiary alicyclic amines) is 1. The number of rotatable bonds is 4. The summed E-state index contributed by atoms with van der Waals surface area (Å²) in [5.41, 5.74) is 3.24. The molecular formula is C23H31NO4. The molecule has 0 amide bonds. The van der Waals surface area contributed by atoms with Crippen LogP contribution in [0.25, 0.3) is 6.08 Å². The molecule has 1 aliphatic heterocycles. The van der Waals surface area contributed by atoms with Gasteiger partial charge in [0.05, 0.1) is 13.7 Å². The van der Waals surface area contributed by atoms with Gasteiger partial charge in [-0.25, -0.2) is 4.79 Å². The number of aromatic hydroxyl groups is 1. The number of likely N-dealkylation sites (N-methyl/N-ethyl adjacent to an activating group) is 1. The van der Waals surface area contributed by atoms with Crippen LogP contribution in [-0.4, -0.2) is 49.3 Å². The topological polar surface area (TPSA) is 59.0 Å². The maximum atomic E-state index is 11.9. The van der Waals surface area contributed by atoms with Gasteiger partial charge in [-0.05, 0) is 75.4 Å². The number of phenolic OH excluding ortho intramolecular Hbond substituents is 1. The summed E-state index contributed by atoms with van der Waals surface area (Å²) in [6.45, 7) is 3.22. The van der Waals surface area contributed by atoms with Gasteiger partial charge < -0.3 is 19.5 Å². The lowest BCUT2D eigenvalue weighted by atomic mass is 9.52. The minimum Gasteiger partial charge on any atom is -0.504 e. The van der Waals surface area contributed by atoms with E-state index in [0.29, 0.717) is 30.1 Å². The SMILES string of the molecule is CCOC(=O)/C=C/c1cc(OC)c(O)c2c1CC1C3CCCCC23CCN1C. The predicted octanol–water partition coefficient (Wildman–Crippen LogP) is 3.67. The van der Waals surface area contributed by atoms with E-state index in [0.717, 1.165) is 36.9 Å². The largest absolute Gasteiger partial charge is 0.504 e. The highest BCUT2D eigenvalue weighted by atomic mass is 16.5. The van der Waals surface area contributed by atoms with Gasteiger partial charge in [-0.3, -0.25) is 0 Å². The van der Waals surface area contributed by atoms with Gasteiger partial charge in [-0.1, -0.05) is 12.8 Å². The van der Waals surface area contributed by atoms with E-state index in [-0.39, 0.29) is 11.4 Å². The number of esters is 1. The van der Waals surface area contributed by atoms with Crippen LogP contribution in [0.2, 0.25) is 0 Å². The van der Waals surface area contributed by atoms with E-state index in [2.05, 4.69) is 11.9 Å². The van der Waals surface area contributed by atoms with Gasteiger partial charge in [-0.15, -0.1) is 0 Å². The van der Waals surface area contributed by atoms with Gasteiger partial charge >= 0.3 is 5.97 Å². The third kappa shape index (κ3) is 2.91. The maximum Gasteiger partial charge on any atom is 0.330 e. The Hall–Kier alpha value is -2.01. The Morgan fingerprint density at radius 1 is 1.39 bits per heavy atom. The number of ether oxygens (including phenoxy) is 2. The molecule has 3 atom stereocenters. The molecule has 2 fully saturated rings. The third-order valence-corrected chi connectivity index (χ3v) is 7.26. The normalized spacial score (nSPS) is 29.2. The zero-order valence-corrected chi connectivity index (χ0v) is 17.2. The first-order valence-electron chi connectivity index (χ1n) is 10.5. The van der Waals surface area contributed by atoms with E-state index >= 15 is 0 Å². The highest BCUT2D eigenvalue weighted by Crippen LogP contribution is 2.59. The van der Waals surface area contributed by atoms with Crippen molar-refractivity contribution in [3.63, 3.8) is 0 Å². The molecule has 0 spiro atoms. The molecule has 1 saturated heterocycles. The number of carbonyl (C=O) groups excluding carboxylic acids is 1. The van der Waals surface area contributed by atoms with E-state index in [1.807, 2.05) is 12.1 Å². The van der Waals surface area contributed by atoms with E-state index in [9.17, 15) is 9.90 Å². The first-order chi connectivity index (χ1) is 13.5. The van der Waals surface area contributed by atoms with Crippen LogP contribution in [0.5, 0.6) is 11.5 Å². The van der Waals surface area contributed by atoms with Crippen molar-refractivity contribution in [2.75, 3.05) is 27.3 Å². The lowest BCUT2D eigenvalue weighted by molar-refractivity contribution is -0.137. The van der Waals surface area contributed by atoms with Gasteiger partial charge in [0.1, 0.15) is 0 Å². The fraction of sp³-hybridized carbons (Fsp3) is 0.609. The number of fused-ring (bicyclic) bond motifs is 1. The molecule has 1 aromatic carbocycles. The summed E-state index contributed by atoms with van der Waals surface area (Å²) in [6, 6.07) is 2.35. The Kier molecular flexibility index (Phi) is 5.13. The molecule has 2 aliphatic carbocycles. The average molecular weight is 386 g/mol. The van der Waals surface area contributed by atoms with E-state index in [1.54, 1.807) is 14.0 Å². The summed E-state index contributed by atoms with van der Waals surface area (Å²) < 4.78 is 10.6. The molecular weight excluding hydrogens is 354 g/mol. The van der Waals surface area contributed by atoms with Crippen LogP contribution < -0.4 is 4.74 Å². The lowest BCUT2D eigenvalue weighted by Gasteiger charge is -2.58. The highest BCUT2D eigenvalue weighted by molar-refractivity contribution is 5.87. The van der Waals surface area contributed by atoms with Gasteiger partial charge in [0.25, 0.3) is 0 Å². The molecule has 28 heavy (non-hydrogen) atoms. The predicted molar refractivity (Wildman–Crippen MR) is 109 cm³/mol. The number of methoxy groups -OCH3 is 1. The number of piperidine rings is 1. The van der Waals surface area contributed by atoms with Crippen molar-refractivity contribution in [1.82, 2.24) is 4.90 Å². The standard InChI is InChI=1S/C23H31NO4/c1-4-28-20(25)9-8-15-13-19(27-3)22(26)21-16(15)14-18-17-7-5-6-10-23(17,21)11-12-24(18)2/h8-9,13,17-18,26H,4-7,10-12,14H2,1-3H3/b9-8+. The van der Waals surface area contributed by atoms with Crippen LogP contribution in [0.15, 0.2) is 12.1 Å². The minimum absolute atomic E-state index is 0.0220. The first kappa shape index (κ1) is 19.3. The number of carbonyl (C=O) groups is 1. The van der Waals surface area contributed by atoms with Crippen LogP contribution in [0, 0.1) is 5.92 Å². The van der Waals surface area contributed by atoms with E-state index in [4.69, 9.17) is 9.47 Å². The number of hydrogen-bond acceptors (Lipinski definition) is 5. The van der Waals surface area contributed by atoms with Gasteiger partial charge in [0.2, 0.25) is 0 Å². The molecule has 152 valence electrons. The summed E-state index contributed by atoms with van der Waals surface area (Å²) in [5.74, 6) is 1.04. The Labute approximate surface area is 167 Å². The third-order valence-electron chi connectivity index (χ3n) is 7.26. The average Bonchev–Trinajstić information content (AvgIpc) is 2.70. The summed E-state index contributed by atoms with van der Waals surface area (Å²) >= 11 is 0. The van der Waals surface area contributed by atoms with Crippen LogP contribution in [-0.2, 0) is 21.4 Å². The molecule has 1 saturated carbocycles. The zero-order chi connectivity index (χ0) is 19.9. The minimum atomic E-state index is -0.342. The summed E-state index contributed by atoms with van der Waals surface area (Å²) in [5, 5.41) is 11.2. The first-order valence-corrected chi connectivity index (χ1v) is 10.5. The van der Waals surface area contributed by atoms with Crippen LogP contribution >= 0.6 is 0 Å². The molecule has 3 unspecified atom stereocenters. The zero-order valence-electron chi connectivity index (χ0n) is 17.2. The molecule has 2 bridgehead atoms. The summed E-state index contributed by atoms with van der Waals surface area (Å²) in [4.78, 5) is 14.4. The second kappa shape index (κ2) is 7.43. The number of benzene rings is 1. The van der Waals surface area contributed by atoms with E-state index in [1.165, 1.54) is 30.9 Å². The van der Waals surface area contributed by atoms with Crippen molar-refractivity contribution in [1.29, 1.82) is 0 Å². The van der Waals surface area contributed by atoms with Crippen molar-refractivity contribution < 1.29 is 19.4 Å². The molecule has 0 aromatic heterocycles. The monoisotopic (exact) mass is 385 g/mol. The number of phenols is 1. The van der Waals surface area contributed by atoms with Gasteiger partial charge in [0, 0.05) is 23.1 Å². The summed E-state index contributed by atoms with van der Waals surface area (Å²) in [7, 11) is 3.82. The van der Waals surface area contributed by atoms with Crippen molar-refractivity contribution in [3.05, 3.63) is 28.8 Å². The second-order valence-corrected chi connectivity index (χ2v) is 8.47. The van der Waals surface area contributed by atoms with Gasteiger partial charge in [-0.2, -0.15) is 0 Å². The fourth-order valence-electron chi connectivity index (χ4n) is 6.04. The van der Waals surface area contributed by atoms with Crippen molar-refractivity contribution in [2.24, 2.45) is 5.92 Å². The molecule has 1 N–H and O–H groups in total. The molecule has 4 rings (SSSR count). The molecule has 3 aliphatic rings. The Morgan fingerprint density at radius 2 is 2.21 bits per heavy atom. The summed E-state index contributed by atoms with van der Waals surface area (Å²) in [6.07, 6.45) is 10.1. The van der Waals surface area contributed by atoms with Crippen LogP contribution in [0.4, 0.5) is 0 Å². The molecule has 5 heteroatoms. The number of nitrogens with zero attached hydrogens (tertiary/aromatic N) is 1. The van der Waals surface area contributed by atoms with Crippen molar-refractivity contribution in [2.45, 2.75) is 56.9 Å². The van der Waals surface area contributed by atoms with Crippen LogP contribution in [0.1, 0.15) is 55.7 Å². The Bertz CT molecular complexity index is 802. The Balaban J connectivity index is 1.88. The Morgan fingerprint density at radius 3 is 2.96 bits per heavy atom. The quantitative estimate of drug-likeness (QED) is 0.633. The van der Waals surface area contributed by atoms with Gasteiger partial charge in [0.15, 0.2) is 11.5 Å². The molecule has 1 heterocycles. The van der Waals surface area contributed by atoms with E-state index < -0.39 is 0 Å². The molecule has 5 nitrogen and oxygen atoms in total. The molecule has 0 radical (unpaired) electrons. The smallest absolute Gasteiger partial charge is 0.330 e. The van der Waals surface area contributed by atoms with Crippen LogP contribution in [0.3, 0.4) is 0 Å².